The molecular weight excluding hydrogens is 257 g/mol. The van der Waals surface area contributed by atoms with E-state index in [1.807, 2.05) is 13.0 Å². The molecule has 0 amide bonds. The van der Waals surface area contributed by atoms with E-state index in [1.165, 1.54) is 13.2 Å². The molecule has 0 N–H and O–H groups in total. The lowest BCUT2D eigenvalue weighted by Gasteiger charge is -2.10. The van der Waals surface area contributed by atoms with Crippen molar-refractivity contribution in [1.82, 2.24) is 0 Å². The zero-order chi connectivity index (χ0) is 14.5. The van der Waals surface area contributed by atoms with Crippen LogP contribution in [0.3, 0.4) is 0 Å². The van der Waals surface area contributed by atoms with Crippen molar-refractivity contribution in [2.75, 3.05) is 7.11 Å². The molecule has 0 saturated carbocycles. The second kappa shape index (κ2) is 6.07. The van der Waals surface area contributed by atoms with Crippen LogP contribution in [0.2, 0.25) is 0 Å². The molecule has 0 aliphatic heterocycles. The number of benzene rings is 2. The molecule has 0 aromatic heterocycles. The molecule has 0 atom stereocenters. The van der Waals surface area contributed by atoms with E-state index in [0.717, 1.165) is 5.56 Å². The van der Waals surface area contributed by atoms with Crippen molar-refractivity contribution in [3.8, 4) is 17.6 Å². The predicted octanol–water partition coefficient (Wildman–Crippen LogP) is 3.59. The molecule has 0 aliphatic rings. The Morgan fingerprint density at radius 3 is 2.65 bits per heavy atom. The van der Waals surface area contributed by atoms with Gasteiger partial charge in [0.05, 0.1) is 18.7 Å². The van der Waals surface area contributed by atoms with Crippen molar-refractivity contribution in [1.29, 1.82) is 5.26 Å². The first-order valence-electron chi connectivity index (χ1n) is 6.10. The summed E-state index contributed by atoms with van der Waals surface area (Å²) in [5.74, 6) is 0.673. The van der Waals surface area contributed by atoms with Gasteiger partial charge in [-0.05, 0) is 36.8 Å². The number of hydrogen-bond donors (Lipinski definition) is 0. The molecule has 0 aliphatic carbocycles. The van der Waals surface area contributed by atoms with E-state index in [2.05, 4.69) is 0 Å². The number of rotatable bonds is 4. The Bertz CT molecular complexity index is 662. The lowest BCUT2D eigenvalue weighted by Crippen LogP contribution is -2.00. The molecular formula is C16H14FNO2. The first-order valence-corrected chi connectivity index (χ1v) is 6.10. The average molecular weight is 271 g/mol. The monoisotopic (exact) mass is 271 g/mol. The minimum Gasteiger partial charge on any atom is -0.497 e. The van der Waals surface area contributed by atoms with E-state index < -0.39 is 0 Å². The standard InChI is InChI=1S/C16H14FNO2/c1-11-3-4-12(9-18)7-16(11)20-10-13-5-6-14(19-2)8-15(13)17/h3-8H,10H2,1-2H3. The van der Waals surface area contributed by atoms with Crippen LogP contribution in [0.1, 0.15) is 16.7 Å². The Hall–Kier alpha value is -2.54. The predicted molar refractivity (Wildman–Crippen MR) is 73.2 cm³/mol. The van der Waals surface area contributed by atoms with E-state index in [-0.39, 0.29) is 12.4 Å². The van der Waals surface area contributed by atoms with Crippen molar-refractivity contribution in [3.63, 3.8) is 0 Å². The Morgan fingerprint density at radius 2 is 2.00 bits per heavy atom. The molecule has 0 bridgehead atoms. The van der Waals surface area contributed by atoms with Gasteiger partial charge in [-0.2, -0.15) is 5.26 Å². The molecule has 0 spiro atoms. The third-order valence-electron chi connectivity index (χ3n) is 2.96. The van der Waals surface area contributed by atoms with Crippen LogP contribution in [-0.2, 0) is 6.61 Å². The maximum Gasteiger partial charge on any atom is 0.133 e. The molecule has 4 heteroatoms. The summed E-state index contributed by atoms with van der Waals surface area (Å²) in [6.45, 7) is 1.98. The topological polar surface area (TPSA) is 42.2 Å². The van der Waals surface area contributed by atoms with Crippen molar-refractivity contribution in [2.24, 2.45) is 0 Å². The second-order valence-corrected chi connectivity index (χ2v) is 4.34. The summed E-state index contributed by atoms with van der Waals surface area (Å²) >= 11 is 0. The maximum absolute atomic E-state index is 13.8. The fraction of sp³-hybridized carbons (Fsp3) is 0.188. The summed E-state index contributed by atoms with van der Waals surface area (Å²) in [7, 11) is 1.49. The lowest BCUT2D eigenvalue weighted by molar-refractivity contribution is 0.297. The molecule has 2 aromatic carbocycles. The Labute approximate surface area is 117 Å². The molecule has 20 heavy (non-hydrogen) atoms. The Morgan fingerprint density at radius 1 is 1.20 bits per heavy atom. The van der Waals surface area contributed by atoms with Crippen LogP contribution in [0.4, 0.5) is 4.39 Å². The number of aryl methyl sites for hydroxylation is 1. The number of nitriles is 1. The van der Waals surface area contributed by atoms with Gasteiger partial charge in [-0.1, -0.05) is 6.07 Å². The van der Waals surface area contributed by atoms with Gasteiger partial charge in [-0.3, -0.25) is 0 Å². The van der Waals surface area contributed by atoms with Crippen molar-refractivity contribution in [2.45, 2.75) is 13.5 Å². The van der Waals surface area contributed by atoms with Gasteiger partial charge in [0.25, 0.3) is 0 Å². The van der Waals surface area contributed by atoms with Crippen LogP contribution < -0.4 is 9.47 Å². The van der Waals surface area contributed by atoms with Gasteiger partial charge >= 0.3 is 0 Å². The van der Waals surface area contributed by atoms with E-state index in [0.29, 0.717) is 22.6 Å². The van der Waals surface area contributed by atoms with Crippen LogP contribution in [0.5, 0.6) is 11.5 Å². The zero-order valence-electron chi connectivity index (χ0n) is 11.3. The fourth-order valence-electron chi connectivity index (χ4n) is 1.75. The molecule has 3 nitrogen and oxygen atoms in total. The number of hydrogen-bond acceptors (Lipinski definition) is 3. The molecule has 0 unspecified atom stereocenters. The summed E-state index contributed by atoms with van der Waals surface area (Å²) < 4.78 is 24.3. The number of methoxy groups -OCH3 is 1. The van der Waals surface area contributed by atoms with Gasteiger partial charge in [0.2, 0.25) is 0 Å². The van der Waals surface area contributed by atoms with Crippen LogP contribution in [0, 0.1) is 24.1 Å². The number of ether oxygens (including phenoxy) is 2. The third kappa shape index (κ3) is 3.07. The fourth-order valence-corrected chi connectivity index (χ4v) is 1.75. The van der Waals surface area contributed by atoms with Gasteiger partial charge in [-0.15, -0.1) is 0 Å². The zero-order valence-corrected chi connectivity index (χ0v) is 11.3. The number of nitrogens with zero attached hydrogens (tertiary/aromatic N) is 1. The Balaban J connectivity index is 2.15. The van der Waals surface area contributed by atoms with Gasteiger partial charge in [0.1, 0.15) is 23.9 Å². The second-order valence-electron chi connectivity index (χ2n) is 4.34. The van der Waals surface area contributed by atoms with E-state index in [4.69, 9.17) is 14.7 Å². The molecule has 2 rings (SSSR count). The maximum atomic E-state index is 13.8. The lowest BCUT2D eigenvalue weighted by atomic mass is 10.1. The molecule has 102 valence electrons. The minimum atomic E-state index is -0.376. The van der Waals surface area contributed by atoms with Gasteiger partial charge < -0.3 is 9.47 Å². The summed E-state index contributed by atoms with van der Waals surface area (Å²) in [5, 5.41) is 8.86. The van der Waals surface area contributed by atoms with E-state index >= 15 is 0 Å². The highest BCUT2D eigenvalue weighted by atomic mass is 19.1. The molecule has 2 aromatic rings. The van der Waals surface area contributed by atoms with Crippen LogP contribution in [0.15, 0.2) is 36.4 Å². The quantitative estimate of drug-likeness (QED) is 0.853. The van der Waals surface area contributed by atoms with E-state index in [1.54, 1.807) is 30.3 Å². The summed E-state index contributed by atoms with van der Waals surface area (Å²) in [5.41, 5.74) is 1.85. The highest BCUT2D eigenvalue weighted by Crippen LogP contribution is 2.22. The van der Waals surface area contributed by atoms with Gasteiger partial charge in [0.15, 0.2) is 0 Å². The van der Waals surface area contributed by atoms with Crippen LogP contribution in [-0.4, -0.2) is 7.11 Å². The Kier molecular flexibility index (Phi) is 4.21. The highest BCUT2D eigenvalue weighted by Gasteiger charge is 2.07. The van der Waals surface area contributed by atoms with Gasteiger partial charge in [0, 0.05) is 11.6 Å². The number of halogens is 1. The van der Waals surface area contributed by atoms with Crippen molar-refractivity contribution >= 4 is 0 Å². The highest BCUT2D eigenvalue weighted by molar-refractivity contribution is 5.42. The average Bonchev–Trinajstić information content (AvgIpc) is 2.47. The minimum absolute atomic E-state index is 0.103. The van der Waals surface area contributed by atoms with Gasteiger partial charge in [-0.25, -0.2) is 4.39 Å². The largest absolute Gasteiger partial charge is 0.497 e. The summed E-state index contributed by atoms with van der Waals surface area (Å²) in [4.78, 5) is 0. The van der Waals surface area contributed by atoms with Crippen molar-refractivity contribution in [3.05, 3.63) is 58.9 Å². The third-order valence-corrected chi connectivity index (χ3v) is 2.96. The van der Waals surface area contributed by atoms with E-state index in [9.17, 15) is 4.39 Å². The molecule has 0 saturated heterocycles. The van der Waals surface area contributed by atoms with Crippen molar-refractivity contribution < 1.29 is 13.9 Å². The molecule has 0 radical (unpaired) electrons. The summed E-state index contributed by atoms with van der Waals surface area (Å²) in [6.07, 6.45) is 0. The summed E-state index contributed by atoms with van der Waals surface area (Å²) in [6, 6.07) is 11.8. The smallest absolute Gasteiger partial charge is 0.133 e. The SMILES string of the molecule is COc1ccc(COc2cc(C#N)ccc2C)c(F)c1. The van der Waals surface area contributed by atoms with Crippen LogP contribution >= 0.6 is 0 Å². The first kappa shape index (κ1) is 13.9. The molecule has 0 heterocycles. The van der Waals surface area contributed by atoms with Crippen LogP contribution in [0.25, 0.3) is 0 Å². The molecule has 0 fully saturated rings. The first-order chi connectivity index (χ1) is 9.63. The normalized spacial score (nSPS) is 9.90.